The van der Waals surface area contributed by atoms with Gasteiger partial charge in [-0.25, -0.2) is 0 Å². The largest absolute Gasteiger partial charge is 0.314 e. The molecule has 1 aliphatic rings. The van der Waals surface area contributed by atoms with Gasteiger partial charge in [0.1, 0.15) is 0 Å². The van der Waals surface area contributed by atoms with E-state index in [1.807, 2.05) is 7.05 Å². The quantitative estimate of drug-likeness (QED) is 0.858. The molecule has 1 N–H and O–H groups in total. The second-order valence-corrected chi connectivity index (χ2v) is 5.68. The molecule has 17 heavy (non-hydrogen) atoms. The molecule has 1 aromatic carbocycles. The average Bonchev–Trinajstić information content (AvgIpc) is 2.52. The van der Waals surface area contributed by atoms with Gasteiger partial charge in [-0.3, -0.25) is 0 Å². The summed E-state index contributed by atoms with van der Waals surface area (Å²) >= 11 is 0. The van der Waals surface area contributed by atoms with Crippen molar-refractivity contribution < 1.29 is 0 Å². The van der Waals surface area contributed by atoms with Crippen LogP contribution in [-0.2, 0) is 12.8 Å². The first-order valence-electron chi connectivity index (χ1n) is 6.59. The van der Waals surface area contributed by atoms with Crippen molar-refractivity contribution in [2.24, 2.45) is 0 Å². The van der Waals surface area contributed by atoms with Gasteiger partial charge in [0.15, 0.2) is 0 Å². The van der Waals surface area contributed by atoms with E-state index < -0.39 is 0 Å². The molecule has 0 aliphatic carbocycles. The zero-order valence-corrected chi connectivity index (χ0v) is 11.3. The molecule has 0 atom stereocenters. The number of nitrogens with zero attached hydrogens (tertiary/aromatic N) is 1. The fraction of sp³-hybridized carbons (Fsp3) is 0.600. The Hall–Kier alpha value is -0.860. The molecular weight excluding hydrogens is 208 g/mol. The zero-order valence-electron chi connectivity index (χ0n) is 11.3. The molecule has 1 aromatic rings. The van der Waals surface area contributed by atoms with E-state index in [2.05, 4.69) is 48.3 Å². The SMILES string of the molecule is CNC(C)(C)CN1CCc2ccccc2CC1. The third-order valence-electron chi connectivity index (χ3n) is 3.81. The maximum atomic E-state index is 3.39. The lowest BCUT2D eigenvalue weighted by atomic mass is 10.0. The summed E-state index contributed by atoms with van der Waals surface area (Å²) in [6.45, 7) is 8.03. The van der Waals surface area contributed by atoms with Crippen LogP contribution >= 0.6 is 0 Å². The van der Waals surface area contributed by atoms with E-state index in [0.29, 0.717) is 0 Å². The highest BCUT2D eigenvalue weighted by molar-refractivity contribution is 5.28. The molecule has 0 bridgehead atoms. The minimum Gasteiger partial charge on any atom is -0.314 e. The van der Waals surface area contributed by atoms with Gasteiger partial charge in [-0.05, 0) is 44.9 Å². The molecule has 0 saturated carbocycles. The zero-order chi connectivity index (χ0) is 12.3. The summed E-state index contributed by atoms with van der Waals surface area (Å²) in [6.07, 6.45) is 2.38. The average molecular weight is 232 g/mol. The Kier molecular flexibility index (Phi) is 3.85. The lowest BCUT2D eigenvalue weighted by Crippen LogP contribution is -2.48. The second-order valence-electron chi connectivity index (χ2n) is 5.68. The van der Waals surface area contributed by atoms with E-state index in [9.17, 15) is 0 Å². The summed E-state index contributed by atoms with van der Waals surface area (Å²) in [7, 11) is 2.05. The Bertz CT molecular complexity index is 344. The number of benzene rings is 1. The minimum absolute atomic E-state index is 0.205. The minimum atomic E-state index is 0.205. The van der Waals surface area contributed by atoms with E-state index in [1.54, 1.807) is 0 Å². The molecule has 2 heteroatoms. The smallest absolute Gasteiger partial charge is 0.0249 e. The Balaban J connectivity index is 2.00. The summed E-state index contributed by atoms with van der Waals surface area (Å²) in [5.74, 6) is 0. The summed E-state index contributed by atoms with van der Waals surface area (Å²) in [6, 6.07) is 8.88. The van der Waals surface area contributed by atoms with Crippen LogP contribution in [0.2, 0.25) is 0 Å². The maximum absolute atomic E-state index is 3.39. The second kappa shape index (κ2) is 5.19. The van der Waals surface area contributed by atoms with Gasteiger partial charge in [-0.1, -0.05) is 24.3 Å². The third-order valence-corrected chi connectivity index (χ3v) is 3.81. The van der Waals surface area contributed by atoms with Crippen molar-refractivity contribution in [3.63, 3.8) is 0 Å². The molecule has 2 nitrogen and oxygen atoms in total. The summed E-state index contributed by atoms with van der Waals surface area (Å²) in [5.41, 5.74) is 3.28. The van der Waals surface area contributed by atoms with Crippen LogP contribution in [0.1, 0.15) is 25.0 Å². The standard InChI is InChI=1S/C15H24N2/c1-15(2,16-3)12-17-10-8-13-6-4-5-7-14(13)9-11-17/h4-7,16H,8-12H2,1-3H3. The Labute approximate surface area is 105 Å². The van der Waals surface area contributed by atoms with Gasteiger partial charge >= 0.3 is 0 Å². The molecule has 94 valence electrons. The van der Waals surface area contributed by atoms with Crippen LogP contribution in [0.3, 0.4) is 0 Å². The molecule has 0 amide bonds. The first kappa shape index (κ1) is 12.6. The number of hydrogen-bond acceptors (Lipinski definition) is 2. The molecule has 1 aliphatic heterocycles. The topological polar surface area (TPSA) is 15.3 Å². The first-order chi connectivity index (χ1) is 8.11. The molecule has 0 saturated heterocycles. The van der Waals surface area contributed by atoms with Crippen LogP contribution in [0.5, 0.6) is 0 Å². The van der Waals surface area contributed by atoms with Crippen molar-refractivity contribution in [2.75, 3.05) is 26.7 Å². The van der Waals surface area contributed by atoms with Crippen LogP contribution < -0.4 is 5.32 Å². The lowest BCUT2D eigenvalue weighted by Gasteiger charge is -2.31. The molecule has 1 heterocycles. The monoisotopic (exact) mass is 232 g/mol. The first-order valence-corrected chi connectivity index (χ1v) is 6.59. The van der Waals surface area contributed by atoms with Gasteiger partial charge in [-0.2, -0.15) is 0 Å². The predicted molar refractivity (Wildman–Crippen MR) is 73.4 cm³/mol. The van der Waals surface area contributed by atoms with Crippen molar-refractivity contribution in [1.29, 1.82) is 0 Å². The van der Waals surface area contributed by atoms with E-state index in [-0.39, 0.29) is 5.54 Å². The number of hydrogen-bond donors (Lipinski definition) is 1. The molecule has 0 aromatic heterocycles. The fourth-order valence-electron chi connectivity index (χ4n) is 2.51. The molecule has 0 radical (unpaired) electrons. The summed E-state index contributed by atoms with van der Waals surface area (Å²) in [4.78, 5) is 2.58. The summed E-state index contributed by atoms with van der Waals surface area (Å²) < 4.78 is 0. The Morgan fingerprint density at radius 1 is 1.12 bits per heavy atom. The highest BCUT2D eigenvalue weighted by Crippen LogP contribution is 2.16. The van der Waals surface area contributed by atoms with Gasteiger partial charge in [0, 0.05) is 25.2 Å². The summed E-state index contributed by atoms with van der Waals surface area (Å²) in [5, 5.41) is 3.39. The van der Waals surface area contributed by atoms with Gasteiger partial charge in [0.05, 0.1) is 0 Å². The third kappa shape index (κ3) is 3.30. The number of likely N-dealkylation sites (N-methyl/N-ethyl adjacent to an activating group) is 1. The Morgan fingerprint density at radius 2 is 1.65 bits per heavy atom. The molecule has 2 rings (SSSR count). The van der Waals surface area contributed by atoms with Crippen LogP contribution in [0.15, 0.2) is 24.3 Å². The van der Waals surface area contributed by atoms with Gasteiger partial charge in [-0.15, -0.1) is 0 Å². The van der Waals surface area contributed by atoms with Crippen LogP contribution in [0.25, 0.3) is 0 Å². The van der Waals surface area contributed by atoms with E-state index in [4.69, 9.17) is 0 Å². The van der Waals surface area contributed by atoms with Crippen molar-refractivity contribution in [1.82, 2.24) is 10.2 Å². The van der Waals surface area contributed by atoms with Crippen molar-refractivity contribution in [3.8, 4) is 0 Å². The van der Waals surface area contributed by atoms with Gasteiger partial charge in [0.2, 0.25) is 0 Å². The van der Waals surface area contributed by atoms with Crippen molar-refractivity contribution in [3.05, 3.63) is 35.4 Å². The van der Waals surface area contributed by atoms with Crippen molar-refractivity contribution >= 4 is 0 Å². The molecule has 0 spiro atoms. The highest BCUT2D eigenvalue weighted by Gasteiger charge is 2.21. The van der Waals surface area contributed by atoms with E-state index in [1.165, 1.54) is 37.1 Å². The lowest BCUT2D eigenvalue weighted by molar-refractivity contribution is 0.215. The predicted octanol–water partition coefficient (Wildman–Crippen LogP) is 2.09. The fourth-order valence-corrected chi connectivity index (χ4v) is 2.51. The number of nitrogens with one attached hydrogen (secondary N) is 1. The van der Waals surface area contributed by atoms with E-state index >= 15 is 0 Å². The molecule has 0 unspecified atom stereocenters. The molecule has 0 fully saturated rings. The van der Waals surface area contributed by atoms with Crippen LogP contribution in [-0.4, -0.2) is 37.1 Å². The maximum Gasteiger partial charge on any atom is 0.0249 e. The van der Waals surface area contributed by atoms with Gasteiger partial charge < -0.3 is 10.2 Å². The van der Waals surface area contributed by atoms with Crippen molar-refractivity contribution in [2.45, 2.75) is 32.2 Å². The van der Waals surface area contributed by atoms with Crippen LogP contribution in [0.4, 0.5) is 0 Å². The number of rotatable bonds is 3. The number of fused-ring (bicyclic) bond motifs is 1. The Morgan fingerprint density at radius 3 is 2.12 bits per heavy atom. The van der Waals surface area contributed by atoms with Crippen LogP contribution in [0, 0.1) is 0 Å². The normalized spacial score (nSPS) is 17.6. The highest BCUT2D eigenvalue weighted by atomic mass is 15.2. The van der Waals surface area contributed by atoms with E-state index in [0.717, 1.165) is 6.54 Å². The molecular formula is C15H24N2. The van der Waals surface area contributed by atoms with Gasteiger partial charge in [0.25, 0.3) is 0 Å².